The van der Waals surface area contributed by atoms with E-state index in [0.29, 0.717) is 23.9 Å². The van der Waals surface area contributed by atoms with Gasteiger partial charge < -0.3 is 15.4 Å². The predicted molar refractivity (Wildman–Crippen MR) is 98.1 cm³/mol. The molecule has 1 saturated heterocycles. The molecule has 0 spiro atoms. The lowest BCUT2D eigenvalue weighted by molar-refractivity contribution is 0.0942. The highest BCUT2D eigenvalue weighted by Crippen LogP contribution is 2.26. The van der Waals surface area contributed by atoms with E-state index < -0.39 is 0 Å². The van der Waals surface area contributed by atoms with Crippen molar-refractivity contribution >= 4 is 5.91 Å². The number of hydrogen-bond acceptors (Lipinski definition) is 4. The van der Waals surface area contributed by atoms with Gasteiger partial charge in [-0.25, -0.2) is 4.98 Å². The highest BCUT2D eigenvalue weighted by Gasteiger charge is 2.18. The van der Waals surface area contributed by atoms with Crippen LogP contribution in [0.2, 0.25) is 0 Å². The lowest BCUT2D eigenvalue weighted by atomic mass is 9.87. The molecule has 1 aromatic heterocycles. The van der Waals surface area contributed by atoms with Crippen LogP contribution in [0, 0.1) is 5.92 Å². The molecule has 3 rings (SSSR count). The van der Waals surface area contributed by atoms with Crippen molar-refractivity contribution in [3.05, 3.63) is 53.7 Å². The van der Waals surface area contributed by atoms with Crippen molar-refractivity contribution in [2.75, 3.05) is 19.6 Å². The van der Waals surface area contributed by atoms with Gasteiger partial charge in [-0.2, -0.15) is 0 Å². The van der Waals surface area contributed by atoms with Crippen LogP contribution in [-0.2, 0) is 5.41 Å². The maximum absolute atomic E-state index is 12.1. The first-order valence-electron chi connectivity index (χ1n) is 8.65. The van der Waals surface area contributed by atoms with Gasteiger partial charge in [-0.1, -0.05) is 32.9 Å². The molecule has 2 heterocycles. The largest absolute Gasteiger partial charge is 0.439 e. The fourth-order valence-electron chi connectivity index (χ4n) is 2.55. The molecule has 2 aromatic rings. The van der Waals surface area contributed by atoms with E-state index in [1.165, 1.54) is 5.56 Å². The zero-order chi connectivity index (χ0) is 17.9. The summed E-state index contributed by atoms with van der Waals surface area (Å²) in [6.07, 6.45) is 1.55. The Labute approximate surface area is 148 Å². The van der Waals surface area contributed by atoms with E-state index in [1.807, 2.05) is 12.1 Å². The lowest BCUT2D eigenvalue weighted by Gasteiger charge is -2.27. The van der Waals surface area contributed by atoms with Crippen LogP contribution in [0.25, 0.3) is 0 Å². The number of amides is 1. The topological polar surface area (TPSA) is 63.2 Å². The van der Waals surface area contributed by atoms with E-state index in [4.69, 9.17) is 4.74 Å². The lowest BCUT2D eigenvalue weighted by Crippen LogP contribution is -2.48. The number of nitrogens with one attached hydrogen (secondary N) is 2. The normalized spacial score (nSPS) is 14.7. The molecular formula is C20H25N3O2. The van der Waals surface area contributed by atoms with E-state index in [0.717, 1.165) is 18.8 Å². The van der Waals surface area contributed by atoms with Crippen LogP contribution < -0.4 is 15.4 Å². The minimum Gasteiger partial charge on any atom is -0.439 e. The summed E-state index contributed by atoms with van der Waals surface area (Å²) >= 11 is 0. The number of hydrogen-bond donors (Lipinski definition) is 2. The molecule has 0 saturated carbocycles. The highest BCUT2D eigenvalue weighted by molar-refractivity contribution is 5.93. The van der Waals surface area contributed by atoms with E-state index in [-0.39, 0.29) is 11.3 Å². The fourth-order valence-corrected chi connectivity index (χ4v) is 2.55. The second-order valence-corrected chi connectivity index (χ2v) is 7.50. The van der Waals surface area contributed by atoms with Crippen LogP contribution >= 0.6 is 0 Å². The average Bonchev–Trinajstić information content (AvgIpc) is 2.53. The maximum Gasteiger partial charge on any atom is 0.252 e. The molecule has 25 heavy (non-hydrogen) atoms. The molecule has 0 radical (unpaired) electrons. The molecule has 0 atom stereocenters. The van der Waals surface area contributed by atoms with E-state index in [2.05, 4.69) is 48.5 Å². The summed E-state index contributed by atoms with van der Waals surface area (Å²) in [4.78, 5) is 16.3. The van der Waals surface area contributed by atoms with Crippen molar-refractivity contribution in [3.63, 3.8) is 0 Å². The highest BCUT2D eigenvalue weighted by atomic mass is 16.5. The van der Waals surface area contributed by atoms with Gasteiger partial charge in [0.2, 0.25) is 5.88 Å². The second kappa shape index (κ2) is 7.23. The number of carbonyl (C=O) groups is 1. The monoisotopic (exact) mass is 339 g/mol. The van der Waals surface area contributed by atoms with Gasteiger partial charge in [0.05, 0.1) is 5.56 Å². The van der Waals surface area contributed by atoms with E-state index in [9.17, 15) is 4.79 Å². The summed E-state index contributed by atoms with van der Waals surface area (Å²) in [6, 6.07) is 11.5. The van der Waals surface area contributed by atoms with Crippen molar-refractivity contribution in [2.24, 2.45) is 5.92 Å². The standard InChI is InChI=1S/C20H25N3O2/c1-20(2,3)16-5-7-17(8-6-16)25-18-9-4-15(13-22-18)19(24)23-12-14-10-21-11-14/h4-9,13-14,21H,10-12H2,1-3H3,(H,23,24). The molecule has 2 N–H and O–H groups in total. The number of ether oxygens (including phenoxy) is 1. The van der Waals surface area contributed by atoms with Crippen LogP contribution in [0.5, 0.6) is 11.6 Å². The van der Waals surface area contributed by atoms with Crippen molar-refractivity contribution in [3.8, 4) is 11.6 Å². The maximum atomic E-state index is 12.1. The van der Waals surface area contributed by atoms with Gasteiger partial charge in [0.1, 0.15) is 5.75 Å². The van der Waals surface area contributed by atoms with Crippen LogP contribution in [0.3, 0.4) is 0 Å². The third-order valence-electron chi connectivity index (χ3n) is 4.36. The molecule has 1 aliphatic rings. The molecule has 1 aromatic carbocycles. The Balaban J connectivity index is 1.57. The Kier molecular flexibility index (Phi) is 5.04. The van der Waals surface area contributed by atoms with Crippen LogP contribution in [0.15, 0.2) is 42.6 Å². The van der Waals surface area contributed by atoms with Gasteiger partial charge in [-0.15, -0.1) is 0 Å². The molecule has 1 aliphatic heterocycles. The van der Waals surface area contributed by atoms with E-state index >= 15 is 0 Å². The summed E-state index contributed by atoms with van der Waals surface area (Å²) < 4.78 is 5.75. The number of benzene rings is 1. The fraction of sp³-hybridized carbons (Fsp3) is 0.400. The molecule has 1 amide bonds. The average molecular weight is 339 g/mol. The van der Waals surface area contributed by atoms with Crippen LogP contribution in [0.4, 0.5) is 0 Å². The van der Waals surface area contributed by atoms with Crippen LogP contribution in [0.1, 0.15) is 36.7 Å². The summed E-state index contributed by atoms with van der Waals surface area (Å²) in [5.41, 5.74) is 1.91. The molecule has 5 nitrogen and oxygen atoms in total. The minimum atomic E-state index is -0.0968. The number of nitrogens with zero attached hydrogens (tertiary/aromatic N) is 1. The number of pyridine rings is 1. The second-order valence-electron chi connectivity index (χ2n) is 7.50. The summed E-state index contributed by atoms with van der Waals surface area (Å²) in [5.74, 6) is 1.65. The molecule has 0 aliphatic carbocycles. The third-order valence-corrected chi connectivity index (χ3v) is 4.36. The summed E-state index contributed by atoms with van der Waals surface area (Å²) in [7, 11) is 0. The van der Waals surface area contributed by atoms with Gasteiger partial charge in [0, 0.05) is 37.8 Å². The first-order valence-corrected chi connectivity index (χ1v) is 8.65. The summed E-state index contributed by atoms with van der Waals surface area (Å²) in [6.45, 7) is 9.17. The zero-order valence-electron chi connectivity index (χ0n) is 15.0. The molecule has 5 heteroatoms. The third kappa shape index (κ3) is 4.57. The summed E-state index contributed by atoms with van der Waals surface area (Å²) in [5, 5.41) is 6.12. The van der Waals surface area contributed by atoms with E-state index in [1.54, 1.807) is 18.3 Å². The molecular weight excluding hydrogens is 314 g/mol. The van der Waals surface area contributed by atoms with Crippen molar-refractivity contribution in [1.29, 1.82) is 0 Å². The first-order chi connectivity index (χ1) is 11.9. The Morgan fingerprint density at radius 3 is 2.44 bits per heavy atom. The van der Waals surface area contributed by atoms with Crippen molar-refractivity contribution in [1.82, 2.24) is 15.6 Å². The zero-order valence-corrected chi connectivity index (χ0v) is 15.0. The van der Waals surface area contributed by atoms with Crippen molar-refractivity contribution < 1.29 is 9.53 Å². The Morgan fingerprint density at radius 1 is 1.20 bits per heavy atom. The van der Waals surface area contributed by atoms with Gasteiger partial charge in [0.15, 0.2) is 0 Å². The van der Waals surface area contributed by atoms with Gasteiger partial charge in [-0.05, 0) is 29.2 Å². The van der Waals surface area contributed by atoms with Gasteiger partial charge >= 0.3 is 0 Å². The molecule has 1 fully saturated rings. The number of carbonyl (C=O) groups excluding carboxylic acids is 1. The number of rotatable bonds is 5. The Bertz CT molecular complexity index is 714. The Morgan fingerprint density at radius 2 is 1.92 bits per heavy atom. The smallest absolute Gasteiger partial charge is 0.252 e. The number of aromatic nitrogens is 1. The SMILES string of the molecule is CC(C)(C)c1ccc(Oc2ccc(C(=O)NCC3CNC3)cn2)cc1. The molecule has 132 valence electrons. The van der Waals surface area contributed by atoms with Crippen molar-refractivity contribution in [2.45, 2.75) is 26.2 Å². The minimum absolute atomic E-state index is 0.0968. The molecule has 0 bridgehead atoms. The Hall–Kier alpha value is -2.40. The first kappa shape index (κ1) is 17.4. The van der Waals surface area contributed by atoms with Gasteiger partial charge in [-0.3, -0.25) is 4.79 Å². The predicted octanol–water partition coefficient (Wildman–Crippen LogP) is 3.12. The van der Waals surface area contributed by atoms with Crippen LogP contribution in [-0.4, -0.2) is 30.5 Å². The quantitative estimate of drug-likeness (QED) is 0.878. The van der Waals surface area contributed by atoms with Gasteiger partial charge in [0.25, 0.3) is 5.91 Å². The molecule has 0 unspecified atom stereocenters.